The maximum absolute atomic E-state index is 10.5. The van der Waals surface area contributed by atoms with Gasteiger partial charge in [-0.3, -0.25) is 0 Å². The summed E-state index contributed by atoms with van der Waals surface area (Å²) in [5, 5.41) is 50.6. The number of fused-ring (bicyclic) bond motifs is 3. The molecule has 0 unspecified atom stereocenters. The van der Waals surface area contributed by atoms with E-state index < -0.39 is 37.3 Å². The van der Waals surface area contributed by atoms with Crippen LogP contribution in [-0.4, -0.2) is 89.6 Å². The summed E-state index contributed by atoms with van der Waals surface area (Å²) < 4.78 is 45.8. The molecule has 3 saturated heterocycles. The van der Waals surface area contributed by atoms with E-state index in [1.54, 1.807) is 18.2 Å². The standard InChI is InChI=1S/C26H28O13/c27-5-18-19(29)20(30)21(31)26(39-18)38-17-4-11(3-16-25(17)37-9-35-16)23-13-7-32-22(12(13)6-33-23)10-1-14(28)24-15(2-10)34-8-36-24/h1-4,12-13,18-23,26-31H,5-9H2/t12-,13-,18+,19+,20-,21+,22-,23-,26+/m0/s1. The van der Waals surface area contributed by atoms with Crippen LogP contribution in [0.1, 0.15) is 23.3 Å². The van der Waals surface area contributed by atoms with E-state index in [-0.39, 0.29) is 49.1 Å². The molecule has 7 rings (SSSR count). The predicted molar refractivity (Wildman–Crippen MR) is 126 cm³/mol. The maximum atomic E-state index is 10.5. The Labute approximate surface area is 221 Å². The summed E-state index contributed by atoms with van der Waals surface area (Å²) in [4.78, 5) is 0. The molecule has 3 fully saturated rings. The first-order chi connectivity index (χ1) is 18.9. The van der Waals surface area contributed by atoms with Crippen LogP contribution in [0.4, 0.5) is 0 Å². The molecule has 2 aromatic carbocycles. The van der Waals surface area contributed by atoms with Crippen LogP contribution < -0.4 is 23.7 Å². The molecule has 5 N–H and O–H groups in total. The van der Waals surface area contributed by atoms with Gasteiger partial charge < -0.3 is 63.4 Å². The lowest BCUT2D eigenvalue weighted by molar-refractivity contribution is -0.277. The Morgan fingerprint density at radius 2 is 1.36 bits per heavy atom. The van der Waals surface area contributed by atoms with Crippen molar-refractivity contribution in [2.75, 3.05) is 33.4 Å². The quantitative estimate of drug-likeness (QED) is 0.341. The van der Waals surface area contributed by atoms with Crippen molar-refractivity contribution >= 4 is 0 Å². The number of benzene rings is 2. The minimum Gasteiger partial charge on any atom is -0.504 e. The molecule has 0 aromatic heterocycles. The maximum Gasteiger partial charge on any atom is 0.231 e. The minimum absolute atomic E-state index is 0.00462. The van der Waals surface area contributed by atoms with E-state index in [0.29, 0.717) is 36.2 Å². The van der Waals surface area contributed by atoms with E-state index in [0.717, 1.165) is 11.1 Å². The lowest BCUT2D eigenvalue weighted by Crippen LogP contribution is -2.60. The molecule has 2 aromatic rings. The number of rotatable bonds is 5. The smallest absolute Gasteiger partial charge is 0.231 e. The van der Waals surface area contributed by atoms with Gasteiger partial charge in [0, 0.05) is 11.8 Å². The topological polar surface area (TPSA) is 175 Å². The van der Waals surface area contributed by atoms with Crippen LogP contribution in [0.15, 0.2) is 24.3 Å². The molecular formula is C26H28O13. The number of aliphatic hydroxyl groups excluding tert-OH is 4. The van der Waals surface area contributed by atoms with Crippen LogP contribution in [-0.2, 0) is 14.2 Å². The highest BCUT2D eigenvalue weighted by atomic mass is 16.7. The molecule has 9 atom stereocenters. The Morgan fingerprint density at radius 3 is 2.03 bits per heavy atom. The summed E-state index contributed by atoms with van der Waals surface area (Å²) in [7, 11) is 0. The number of hydrogen-bond acceptors (Lipinski definition) is 13. The molecule has 0 aliphatic carbocycles. The Bertz CT molecular complexity index is 1250. The molecule has 5 heterocycles. The fraction of sp³-hybridized carbons (Fsp3) is 0.538. The third-order valence-corrected chi connectivity index (χ3v) is 7.95. The number of phenolic OH excluding ortho intramolecular Hbond substituents is 1. The van der Waals surface area contributed by atoms with Crippen molar-refractivity contribution < 1.29 is 63.4 Å². The first-order valence-electron chi connectivity index (χ1n) is 12.7. The van der Waals surface area contributed by atoms with Crippen molar-refractivity contribution in [3.05, 3.63) is 35.4 Å². The van der Waals surface area contributed by atoms with Crippen LogP contribution in [0, 0.1) is 11.8 Å². The van der Waals surface area contributed by atoms with Crippen LogP contribution in [0.5, 0.6) is 34.5 Å². The number of ether oxygens (including phenoxy) is 8. The average Bonchev–Trinajstić information content (AvgIpc) is 3.72. The fourth-order valence-corrected chi connectivity index (χ4v) is 5.95. The van der Waals surface area contributed by atoms with Crippen LogP contribution >= 0.6 is 0 Å². The van der Waals surface area contributed by atoms with E-state index in [1.807, 2.05) is 6.07 Å². The third-order valence-electron chi connectivity index (χ3n) is 7.95. The Balaban J connectivity index is 1.14. The second-order valence-electron chi connectivity index (χ2n) is 10.2. The minimum atomic E-state index is -1.59. The van der Waals surface area contributed by atoms with E-state index >= 15 is 0 Å². The van der Waals surface area contributed by atoms with Gasteiger partial charge in [0.25, 0.3) is 0 Å². The normalized spacial score (nSPS) is 36.3. The van der Waals surface area contributed by atoms with Gasteiger partial charge in [-0.15, -0.1) is 0 Å². The second kappa shape index (κ2) is 9.55. The zero-order valence-electron chi connectivity index (χ0n) is 20.5. The first-order valence-corrected chi connectivity index (χ1v) is 12.7. The predicted octanol–water partition coefficient (Wildman–Crippen LogP) is 0.103. The van der Waals surface area contributed by atoms with E-state index in [9.17, 15) is 25.5 Å². The number of aromatic hydroxyl groups is 1. The van der Waals surface area contributed by atoms with Crippen molar-refractivity contribution in [2.45, 2.75) is 42.9 Å². The van der Waals surface area contributed by atoms with Crippen LogP contribution in [0.2, 0.25) is 0 Å². The van der Waals surface area contributed by atoms with Crippen molar-refractivity contribution in [3.8, 4) is 34.5 Å². The molecular weight excluding hydrogens is 520 g/mol. The van der Waals surface area contributed by atoms with Gasteiger partial charge in [0.1, 0.15) is 24.4 Å². The van der Waals surface area contributed by atoms with Crippen molar-refractivity contribution in [1.29, 1.82) is 0 Å². The zero-order valence-corrected chi connectivity index (χ0v) is 20.5. The lowest BCUT2D eigenvalue weighted by Gasteiger charge is -2.39. The Morgan fingerprint density at radius 1 is 0.744 bits per heavy atom. The molecule has 13 nitrogen and oxygen atoms in total. The molecule has 5 aliphatic rings. The van der Waals surface area contributed by atoms with Gasteiger partial charge in [0.15, 0.2) is 23.0 Å². The molecule has 5 aliphatic heterocycles. The third kappa shape index (κ3) is 4.04. The van der Waals surface area contributed by atoms with Crippen molar-refractivity contribution in [1.82, 2.24) is 0 Å². The molecule has 0 amide bonds. The summed E-state index contributed by atoms with van der Waals surface area (Å²) in [6.45, 7) is 0.246. The Hall–Kier alpha value is -3.04. The van der Waals surface area contributed by atoms with Crippen LogP contribution in [0.25, 0.3) is 0 Å². The van der Waals surface area contributed by atoms with Gasteiger partial charge in [-0.05, 0) is 35.4 Å². The van der Waals surface area contributed by atoms with Crippen molar-refractivity contribution in [2.24, 2.45) is 11.8 Å². The summed E-state index contributed by atoms with van der Waals surface area (Å²) in [6, 6.07) is 6.94. The van der Waals surface area contributed by atoms with Gasteiger partial charge in [0.05, 0.1) is 32.0 Å². The molecule has 0 bridgehead atoms. The molecule has 0 spiro atoms. The second-order valence-corrected chi connectivity index (χ2v) is 10.2. The van der Waals surface area contributed by atoms with Gasteiger partial charge in [-0.1, -0.05) is 0 Å². The van der Waals surface area contributed by atoms with Gasteiger partial charge in [-0.25, -0.2) is 0 Å². The number of phenols is 1. The van der Waals surface area contributed by atoms with Gasteiger partial charge in [-0.2, -0.15) is 0 Å². The summed E-state index contributed by atoms with van der Waals surface area (Å²) in [5.41, 5.74) is 1.50. The average molecular weight is 548 g/mol. The van der Waals surface area contributed by atoms with E-state index in [2.05, 4.69) is 0 Å². The van der Waals surface area contributed by atoms with E-state index in [4.69, 9.17) is 37.9 Å². The molecule has 210 valence electrons. The lowest BCUT2D eigenvalue weighted by atomic mass is 9.84. The summed E-state index contributed by atoms with van der Waals surface area (Å²) in [6.07, 6.45) is -7.89. The molecule has 0 radical (unpaired) electrons. The summed E-state index contributed by atoms with van der Waals surface area (Å²) >= 11 is 0. The monoisotopic (exact) mass is 548 g/mol. The van der Waals surface area contributed by atoms with Gasteiger partial charge in [0.2, 0.25) is 31.4 Å². The SMILES string of the molecule is OC[C@H]1O[C@@H](Oc2cc([C@@H]3OC[C@H]4[C@@H]3CO[C@H]4c3cc(O)c4c(c3)OCO4)cc3c2OCO3)[C@H](O)[C@@H](O)[C@@H]1O. The van der Waals surface area contributed by atoms with E-state index in [1.165, 1.54) is 0 Å². The molecule has 13 heteroatoms. The molecule has 39 heavy (non-hydrogen) atoms. The van der Waals surface area contributed by atoms with Crippen molar-refractivity contribution in [3.63, 3.8) is 0 Å². The Kier molecular flexibility index (Phi) is 6.12. The largest absolute Gasteiger partial charge is 0.504 e. The first kappa shape index (κ1) is 25.0. The highest BCUT2D eigenvalue weighted by Crippen LogP contribution is 2.54. The summed E-state index contributed by atoms with van der Waals surface area (Å²) in [5.74, 6) is 1.65. The highest BCUT2D eigenvalue weighted by Gasteiger charge is 2.49. The molecule has 0 saturated carbocycles. The van der Waals surface area contributed by atoms with Gasteiger partial charge >= 0.3 is 0 Å². The van der Waals surface area contributed by atoms with Crippen LogP contribution in [0.3, 0.4) is 0 Å². The zero-order chi connectivity index (χ0) is 26.8. The number of hydrogen-bond donors (Lipinski definition) is 5. The fourth-order valence-electron chi connectivity index (χ4n) is 5.95. The highest BCUT2D eigenvalue weighted by molar-refractivity contribution is 5.56. The number of aliphatic hydroxyl groups is 4.